The molecule has 7 nitrogen and oxygen atoms in total. The fraction of sp³-hybridized carbons (Fsp3) is 0.400. The number of fused-ring (bicyclic) bond motifs is 3. The minimum atomic E-state index is -4.93. The zero-order valence-electron chi connectivity index (χ0n) is 19.0. The van der Waals surface area contributed by atoms with Gasteiger partial charge in [-0.3, -0.25) is 4.79 Å². The first kappa shape index (κ1) is 24.6. The molecule has 2 atom stereocenters. The topological polar surface area (TPSA) is 95.9 Å². The molecule has 2 aliphatic rings. The lowest BCUT2D eigenvalue weighted by Crippen LogP contribution is -2.54. The number of rotatable bonds is 6. The molecule has 0 radical (unpaired) electrons. The Labute approximate surface area is 199 Å². The van der Waals surface area contributed by atoms with Crippen molar-refractivity contribution in [2.45, 2.75) is 49.9 Å². The minimum Gasteiger partial charge on any atom is -0.480 e. The average molecular weight is 490 g/mol. The number of benzene rings is 2. The van der Waals surface area contributed by atoms with Crippen LogP contribution in [0.1, 0.15) is 43.2 Å². The number of aliphatic carboxylic acids is 1. The summed E-state index contributed by atoms with van der Waals surface area (Å²) in [5, 5.41) is 11.2. The molecule has 35 heavy (non-hydrogen) atoms. The highest BCUT2D eigenvalue weighted by Crippen LogP contribution is 2.44. The van der Waals surface area contributed by atoms with Crippen LogP contribution in [0.25, 0.3) is 11.1 Å². The average Bonchev–Trinajstić information content (AvgIpc) is 3.36. The van der Waals surface area contributed by atoms with Gasteiger partial charge in [-0.15, -0.1) is 0 Å². The number of carboxylic acids is 1. The van der Waals surface area contributed by atoms with Crippen molar-refractivity contribution in [1.82, 2.24) is 10.2 Å². The van der Waals surface area contributed by atoms with Crippen LogP contribution < -0.4 is 5.32 Å². The highest BCUT2D eigenvalue weighted by atomic mass is 19.4. The van der Waals surface area contributed by atoms with Gasteiger partial charge in [0.25, 0.3) is 0 Å². The van der Waals surface area contributed by atoms with Crippen LogP contribution in [-0.2, 0) is 14.3 Å². The Morgan fingerprint density at radius 3 is 2.23 bits per heavy atom. The van der Waals surface area contributed by atoms with Crippen molar-refractivity contribution < 1.29 is 37.4 Å². The molecule has 4 rings (SSSR count). The molecule has 1 aliphatic carbocycles. The van der Waals surface area contributed by atoms with Crippen molar-refractivity contribution in [3.05, 3.63) is 59.7 Å². The normalized spacial score (nSPS) is 20.2. The maximum atomic E-state index is 13.7. The lowest BCUT2D eigenvalue weighted by Gasteiger charge is -2.32. The largest absolute Gasteiger partial charge is 0.480 e. The number of nitrogens with zero attached hydrogens (tertiary/aromatic N) is 1. The highest BCUT2D eigenvalue weighted by molar-refractivity contribution is 5.88. The number of carboxylic acid groups (broad SMARTS) is 1. The molecule has 2 aromatic rings. The minimum absolute atomic E-state index is 0.0388. The van der Waals surface area contributed by atoms with E-state index in [1.165, 1.54) is 6.92 Å². The van der Waals surface area contributed by atoms with E-state index in [0.717, 1.165) is 27.2 Å². The number of likely N-dealkylation sites (tertiary alicyclic amines) is 1. The third-order valence-electron chi connectivity index (χ3n) is 6.81. The molecule has 0 spiro atoms. The summed E-state index contributed by atoms with van der Waals surface area (Å²) in [4.78, 5) is 37.5. The molecule has 1 aliphatic heterocycles. The number of hydrogen-bond donors (Lipinski definition) is 2. The van der Waals surface area contributed by atoms with Crippen LogP contribution in [0, 0.1) is 0 Å². The van der Waals surface area contributed by atoms with E-state index in [4.69, 9.17) is 4.74 Å². The van der Waals surface area contributed by atoms with Gasteiger partial charge in [0.2, 0.25) is 5.91 Å². The fourth-order valence-corrected chi connectivity index (χ4v) is 4.90. The van der Waals surface area contributed by atoms with E-state index in [-0.39, 0.29) is 25.5 Å². The Kier molecular flexibility index (Phi) is 6.48. The predicted molar refractivity (Wildman–Crippen MR) is 120 cm³/mol. The lowest BCUT2D eigenvalue weighted by molar-refractivity contribution is -0.167. The summed E-state index contributed by atoms with van der Waals surface area (Å²) in [5.41, 5.74) is 2.19. The van der Waals surface area contributed by atoms with E-state index in [9.17, 15) is 32.7 Å². The molecule has 2 amide bonds. The van der Waals surface area contributed by atoms with E-state index >= 15 is 0 Å². The van der Waals surface area contributed by atoms with Gasteiger partial charge in [-0.2, -0.15) is 13.2 Å². The Bertz CT molecular complexity index is 1110. The number of halogens is 3. The molecule has 186 valence electrons. The first-order chi connectivity index (χ1) is 16.5. The molecular weight excluding hydrogens is 465 g/mol. The first-order valence-corrected chi connectivity index (χ1v) is 11.2. The van der Waals surface area contributed by atoms with Gasteiger partial charge in [0.15, 0.2) is 0 Å². The molecule has 10 heteroatoms. The monoisotopic (exact) mass is 490 g/mol. The molecule has 1 fully saturated rings. The quantitative estimate of drug-likeness (QED) is 0.629. The second-order valence-electron chi connectivity index (χ2n) is 9.00. The highest BCUT2D eigenvalue weighted by Gasteiger charge is 2.49. The van der Waals surface area contributed by atoms with Crippen LogP contribution in [0.5, 0.6) is 0 Å². The van der Waals surface area contributed by atoms with Crippen LogP contribution >= 0.6 is 0 Å². The number of hydrogen-bond acceptors (Lipinski definition) is 4. The second-order valence-corrected chi connectivity index (χ2v) is 9.00. The Morgan fingerprint density at radius 1 is 1.11 bits per heavy atom. The third-order valence-corrected chi connectivity index (χ3v) is 6.81. The molecule has 1 unspecified atom stereocenters. The number of alkyl halides is 3. The van der Waals surface area contributed by atoms with E-state index in [1.54, 1.807) is 5.32 Å². The van der Waals surface area contributed by atoms with Gasteiger partial charge in [0, 0.05) is 12.5 Å². The Hall–Kier alpha value is -3.56. The fourth-order valence-electron chi connectivity index (χ4n) is 4.90. The van der Waals surface area contributed by atoms with Crippen molar-refractivity contribution in [2.24, 2.45) is 0 Å². The van der Waals surface area contributed by atoms with E-state index in [0.29, 0.717) is 6.42 Å². The van der Waals surface area contributed by atoms with Crippen LogP contribution in [-0.4, -0.2) is 58.9 Å². The van der Waals surface area contributed by atoms with Gasteiger partial charge in [-0.25, -0.2) is 9.59 Å². The maximum Gasteiger partial charge on any atom is 0.409 e. The number of carbonyl (C=O) groups excluding carboxylic acids is 2. The van der Waals surface area contributed by atoms with Crippen molar-refractivity contribution in [1.29, 1.82) is 0 Å². The number of amides is 2. The van der Waals surface area contributed by atoms with Gasteiger partial charge in [-0.1, -0.05) is 48.5 Å². The summed E-state index contributed by atoms with van der Waals surface area (Å²) in [5.74, 6) is -2.61. The first-order valence-electron chi connectivity index (χ1n) is 11.2. The number of ether oxygens (including phenoxy) is 1. The summed E-state index contributed by atoms with van der Waals surface area (Å²) < 4.78 is 46.2. The van der Waals surface area contributed by atoms with Crippen LogP contribution in [0.2, 0.25) is 0 Å². The van der Waals surface area contributed by atoms with Gasteiger partial charge in [-0.05, 0) is 42.0 Å². The van der Waals surface area contributed by atoms with E-state index in [1.807, 2.05) is 48.5 Å². The second kappa shape index (κ2) is 9.24. The van der Waals surface area contributed by atoms with Crippen molar-refractivity contribution in [3.63, 3.8) is 0 Å². The van der Waals surface area contributed by atoms with Crippen molar-refractivity contribution in [3.8, 4) is 11.1 Å². The van der Waals surface area contributed by atoms with Crippen molar-refractivity contribution >= 4 is 18.0 Å². The Morgan fingerprint density at radius 2 is 1.69 bits per heavy atom. The number of nitrogens with one attached hydrogen (secondary N) is 1. The van der Waals surface area contributed by atoms with E-state index in [2.05, 4.69) is 0 Å². The third kappa shape index (κ3) is 4.69. The number of alkyl carbamates (subject to hydrolysis) is 1. The molecule has 2 N–H and O–H groups in total. The maximum absolute atomic E-state index is 13.7. The van der Waals surface area contributed by atoms with Gasteiger partial charge in [0.1, 0.15) is 18.2 Å². The van der Waals surface area contributed by atoms with Gasteiger partial charge in [0.05, 0.1) is 6.42 Å². The SMILES string of the molecule is C[C@@]1(C(=O)O)CCCN1C(=O)CC(NC(=O)OCC1c2ccccc2-c2ccccc21)C(F)(F)F. The summed E-state index contributed by atoms with van der Waals surface area (Å²) in [7, 11) is 0. The predicted octanol–water partition coefficient (Wildman–Crippen LogP) is 4.31. The van der Waals surface area contributed by atoms with Crippen LogP contribution in [0.3, 0.4) is 0 Å². The van der Waals surface area contributed by atoms with Crippen LogP contribution in [0.4, 0.5) is 18.0 Å². The standard InChI is InChI=1S/C25H25F3N2O5/c1-24(22(32)33)11-6-12-30(24)21(31)13-20(25(26,27)28)29-23(34)35-14-19-17-9-4-2-7-15(17)16-8-3-5-10-18(16)19/h2-5,7-10,19-20H,6,11-14H2,1H3,(H,29,34)(H,32,33)/t20?,24-/m0/s1. The van der Waals surface area contributed by atoms with Gasteiger partial charge >= 0.3 is 18.2 Å². The zero-order chi connectivity index (χ0) is 25.4. The smallest absolute Gasteiger partial charge is 0.409 e. The summed E-state index contributed by atoms with van der Waals surface area (Å²) in [6, 6.07) is 12.6. The summed E-state index contributed by atoms with van der Waals surface area (Å²) >= 11 is 0. The molecule has 2 aromatic carbocycles. The van der Waals surface area contributed by atoms with E-state index < -0.39 is 42.1 Å². The lowest BCUT2D eigenvalue weighted by atomic mass is 9.98. The summed E-state index contributed by atoms with van der Waals surface area (Å²) in [6.07, 6.45) is -6.84. The van der Waals surface area contributed by atoms with Crippen molar-refractivity contribution in [2.75, 3.05) is 13.2 Å². The number of carbonyl (C=O) groups is 3. The summed E-state index contributed by atoms with van der Waals surface area (Å²) in [6.45, 7) is 1.17. The molecule has 0 bridgehead atoms. The van der Waals surface area contributed by atoms with Crippen LogP contribution in [0.15, 0.2) is 48.5 Å². The van der Waals surface area contributed by atoms with Gasteiger partial charge < -0.3 is 20.1 Å². The Balaban J connectivity index is 1.43. The zero-order valence-corrected chi connectivity index (χ0v) is 19.0. The molecular formula is C25H25F3N2O5. The molecule has 0 saturated carbocycles. The molecule has 0 aromatic heterocycles. The molecule has 1 heterocycles. The molecule has 1 saturated heterocycles.